The molecule has 3 heterocycles. The number of nitrogens with zero attached hydrogens (tertiary/aromatic N) is 4. The van der Waals surface area contributed by atoms with Crippen LogP contribution in [-0.2, 0) is 11.3 Å². The number of nitrogens with one attached hydrogen (secondary N) is 1. The van der Waals surface area contributed by atoms with Gasteiger partial charge in [0, 0.05) is 25.1 Å². The molecule has 3 aromatic rings. The molecule has 0 spiro atoms. The van der Waals surface area contributed by atoms with Crippen molar-refractivity contribution in [1.29, 1.82) is 0 Å². The van der Waals surface area contributed by atoms with Gasteiger partial charge in [-0.2, -0.15) is 0 Å². The van der Waals surface area contributed by atoms with Crippen LogP contribution in [0.5, 0.6) is 0 Å². The lowest BCUT2D eigenvalue weighted by atomic mass is 10.3. The summed E-state index contributed by atoms with van der Waals surface area (Å²) >= 11 is 0. The number of hydrogen-bond donors (Lipinski definition) is 1. The molecule has 0 saturated heterocycles. The molecule has 1 amide bonds. The van der Waals surface area contributed by atoms with Crippen molar-refractivity contribution in [2.75, 3.05) is 18.9 Å². The molecule has 0 aliphatic rings. The summed E-state index contributed by atoms with van der Waals surface area (Å²) in [4.78, 5) is 22.8. The molecule has 0 aromatic carbocycles. The number of carbonyl (C=O) groups is 1. The van der Waals surface area contributed by atoms with Crippen LogP contribution in [-0.4, -0.2) is 38.8 Å². The van der Waals surface area contributed by atoms with E-state index in [1.54, 1.807) is 12.3 Å². The minimum atomic E-state index is -0.0891. The van der Waals surface area contributed by atoms with Crippen molar-refractivity contribution in [3.63, 3.8) is 0 Å². The van der Waals surface area contributed by atoms with Crippen LogP contribution in [0.15, 0.2) is 42.9 Å². The Morgan fingerprint density at radius 2 is 2.12 bits per heavy atom. The average molecular weight is 323 g/mol. The first-order valence-electron chi connectivity index (χ1n) is 7.85. The quantitative estimate of drug-likeness (QED) is 0.783. The van der Waals surface area contributed by atoms with Gasteiger partial charge in [0.2, 0.25) is 5.91 Å². The number of imidazole rings is 1. The number of likely N-dealkylation sites (N-methyl/N-ethyl adjacent to an activating group) is 1. The molecule has 0 fully saturated rings. The largest absolute Gasteiger partial charge is 0.310 e. The Labute approximate surface area is 141 Å². The third-order valence-electron chi connectivity index (χ3n) is 3.75. The van der Waals surface area contributed by atoms with Crippen molar-refractivity contribution in [2.24, 2.45) is 0 Å². The summed E-state index contributed by atoms with van der Waals surface area (Å²) < 4.78 is 2.01. The Morgan fingerprint density at radius 3 is 2.83 bits per heavy atom. The number of aromatic nitrogens is 3. The predicted octanol–water partition coefficient (Wildman–Crippen LogP) is 2.42. The topological polar surface area (TPSA) is 62.5 Å². The second-order valence-corrected chi connectivity index (χ2v) is 6.10. The Hall–Kier alpha value is -2.73. The van der Waals surface area contributed by atoms with Gasteiger partial charge >= 0.3 is 0 Å². The fourth-order valence-corrected chi connectivity index (χ4v) is 2.58. The molecule has 0 saturated carbocycles. The first-order valence-corrected chi connectivity index (χ1v) is 7.85. The zero-order valence-electron chi connectivity index (χ0n) is 14.2. The van der Waals surface area contributed by atoms with Gasteiger partial charge in [0.25, 0.3) is 0 Å². The van der Waals surface area contributed by atoms with E-state index in [2.05, 4.69) is 15.3 Å². The second kappa shape index (κ2) is 6.80. The standard InChI is InChI=1S/C18H21N5O/c1-13-6-7-16(19-9-13)21-17(24)12-22(3)10-15-11-23-8-4-5-14(2)18(23)20-15/h4-9,11H,10,12H2,1-3H3,(H,19,21,24). The number of hydrogen-bond acceptors (Lipinski definition) is 4. The number of anilines is 1. The molecule has 0 bridgehead atoms. The Balaban J connectivity index is 1.59. The number of aryl methyl sites for hydroxylation is 2. The normalized spacial score (nSPS) is 11.2. The number of rotatable bonds is 5. The molecule has 124 valence electrons. The zero-order chi connectivity index (χ0) is 17.1. The fraction of sp³-hybridized carbons (Fsp3) is 0.278. The minimum absolute atomic E-state index is 0.0891. The summed E-state index contributed by atoms with van der Waals surface area (Å²) in [5.74, 6) is 0.483. The van der Waals surface area contributed by atoms with Gasteiger partial charge in [-0.15, -0.1) is 0 Å². The lowest BCUT2D eigenvalue weighted by Crippen LogP contribution is -2.30. The van der Waals surface area contributed by atoms with E-state index >= 15 is 0 Å². The van der Waals surface area contributed by atoms with Crippen LogP contribution in [0.4, 0.5) is 5.82 Å². The molecule has 0 aliphatic heterocycles. The van der Waals surface area contributed by atoms with Crippen molar-refractivity contribution < 1.29 is 4.79 Å². The van der Waals surface area contributed by atoms with Crippen molar-refractivity contribution in [3.05, 3.63) is 59.7 Å². The van der Waals surface area contributed by atoms with Crippen LogP contribution in [0.2, 0.25) is 0 Å². The molecule has 1 N–H and O–H groups in total. The molecule has 0 radical (unpaired) electrons. The van der Waals surface area contributed by atoms with E-state index in [0.29, 0.717) is 12.4 Å². The van der Waals surface area contributed by atoms with Crippen molar-refractivity contribution in [3.8, 4) is 0 Å². The highest BCUT2D eigenvalue weighted by molar-refractivity contribution is 5.91. The number of amides is 1. The summed E-state index contributed by atoms with van der Waals surface area (Å²) in [6.45, 7) is 4.89. The summed E-state index contributed by atoms with van der Waals surface area (Å²) in [5, 5.41) is 2.80. The molecule has 0 atom stereocenters. The van der Waals surface area contributed by atoms with E-state index in [1.165, 1.54) is 0 Å². The molecular formula is C18H21N5O. The van der Waals surface area contributed by atoms with Crippen LogP contribution >= 0.6 is 0 Å². The molecule has 6 heteroatoms. The fourth-order valence-electron chi connectivity index (χ4n) is 2.58. The highest BCUT2D eigenvalue weighted by Crippen LogP contribution is 2.11. The molecule has 3 rings (SSSR count). The molecule has 0 aliphatic carbocycles. The molecule has 3 aromatic heterocycles. The van der Waals surface area contributed by atoms with Crippen LogP contribution in [0.3, 0.4) is 0 Å². The van der Waals surface area contributed by atoms with Gasteiger partial charge in [0.15, 0.2) is 0 Å². The number of carbonyl (C=O) groups excluding carboxylic acids is 1. The maximum Gasteiger partial charge on any atom is 0.239 e. The van der Waals surface area contributed by atoms with Gasteiger partial charge in [0.05, 0.1) is 12.2 Å². The van der Waals surface area contributed by atoms with Crippen molar-refractivity contribution in [1.82, 2.24) is 19.3 Å². The van der Waals surface area contributed by atoms with Crippen molar-refractivity contribution >= 4 is 17.4 Å². The molecular weight excluding hydrogens is 302 g/mol. The summed E-state index contributed by atoms with van der Waals surface area (Å²) in [6, 6.07) is 7.76. The first-order chi connectivity index (χ1) is 11.5. The van der Waals surface area contributed by atoms with E-state index in [0.717, 1.165) is 22.5 Å². The van der Waals surface area contributed by atoms with Crippen molar-refractivity contribution in [2.45, 2.75) is 20.4 Å². The van der Waals surface area contributed by atoms with Gasteiger partial charge in [-0.3, -0.25) is 9.69 Å². The lowest BCUT2D eigenvalue weighted by molar-refractivity contribution is -0.117. The van der Waals surface area contributed by atoms with E-state index in [4.69, 9.17) is 0 Å². The van der Waals surface area contributed by atoms with Crippen LogP contribution < -0.4 is 5.32 Å². The van der Waals surface area contributed by atoms with Crippen LogP contribution in [0.1, 0.15) is 16.8 Å². The van der Waals surface area contributed by atoms with Gasteiger partial charge in [-0.25, -0.2) is 9.97 Å². The Kier molecular flexibility index (Phi) is 4.57. The molecule has 6 nitrogen and oxygen atoms in total. The number of pyridine rings is 2. The van der Waals surface area contributed by atoms with E-state index < -0.39 is 0 Å². The summed E-state index contributed by atoms with van der Waals surface area (Å²) in [7, 11) is 1.90. The van der Waals surface area contributed by atoms with E-state index in [1.807, 2.05) is 60.8 Å². The Morgan fingerprint density at radius 1 is 1.29 bits per heavy atom. The zero-order valence-corrected chi connectivity index (χ0v) is 14.2. The summed E-state index contributed by atoms with van der Waals surface area (Å²) in [5.41, 5.74) is 4.09. The minimum Gasteiger partial charge on any atom is -0.310 e. The highest BCUT2D eigenvalue weighted by Gasteiger charge is 2.10. The van der Waals surface area contributed by atoms with Gasteiger partial charge in [0.1, 0.15) is 11.5 Å². The second-order valence-electron chi connectivity index (χ2n) is 6.10. The van der Waals surface area contributed by atoms with Gasteiger partial charge < -0.3 is 9.72 Å². The molecule has 24 heavy (non-hydrogen) atoms. The third-order valence-corrected chi connectivity index (χ3v) is 3.75. The lowest BCUT2D eigenvalue weighted by Gasteiger charge is -2.14. The molecule has 0 unspecified atom stereocenters. The van der Waals surface area contributed by atoms with Crippen LogP contribution in [0.25, 0.3) is 5.65 Å². The smallest absolute Gasteiger partial charge is 0.239 e. The monoisotopic (exact) mass is 323 g/mol. The van der Waals surface area contributed by atoms with Gasteiger partial charge in [-0.1, -0.05) is 12.1 Å². The number of fused-ring (bicyclic) bond motifs is 1. The predicted molar refractivity (Wildman–Crippen MR) is 93.9 cm³/mol. The van der Waals surface area contributed by atoms with Crippen LogP contribution in [0, 0.1) is 13.8 Å². The van der Waals surface area contributed by atoms with E-state index in [-0.39, 0.29) is 12.5 Å². The average Bonchev–Trinajstić information content (AvgIpc) is 2.93. The van der Waals surface area contributed by atoms with Gasteiger partial charge in [-0.05, 0) is 44.2 Å². The SMILES string of the molecule is Cc1ccc(NC(=O)CN(C)Cc2cn3cccc(C)c3n2)nc1. The summed E-state index contributed by atoms with van der Waals surface area (Å²) in [6.07, 6.45) is 5.71. The van der Waals surface area contributed by atoms with E-state index in [9.17, 15) is 4.79 Å². The first kappa shape index (κ1) is 16.1. The highest BCUT2D eigenvalue weighted by atomic mass is 16.2. The Bertz CT molecular complexity index is 853. The maximum absolute atomic E-state index is 12.1. The third kappa shape index (κ3) is 3.78. The maximum atomic E-state index is 12.1.